The van der Waals surface area contributed by atoms with Crippen molar-refractivity contribution in [3.8, 4) is 5.75 Å². The summed E-state index contributed by atoms with van der Waals surface area (Å²) in [5, 5.41) is 44.1. The zero-order valence-corrected chi connectivity index (χ0v) is 41.4. The standard InChI is InChI=1S/C49H70N10O13/c1-6-7-9-16-37(61)53-34(26-39(63)64)43(66)57-41-28(4)72-48(71)40(27(2)3)56-44(67)35(24-30-17-19-31(60)20-18-30)58(5)47(70)36(25-29-13-10-8-11-14-29)59-38(62)22-21-33(46(59)69)55-42(65)32(54-45(41)68)15-12-23-52-49(50)51/h8,10-11,13-14,17-20,27-28,32-36,38,40-41,60,62H,6-7,9,12,15-16,21-26H2,1-5H3,(H,53,61)(H,54,68)(H,55,65)(H,56,67)(H,57,66)(H,63,64)(H4,50,51,52). The van der Waals surface area contributed by atoms with E-state index < -0.39 is 120 Å². The normalized spacial score (nSPS) is 24.0. The Kier molecular flexibility index (Phi) is 21.8. The number of nitrogens with one attached hydrogen (secondary N) is 5. The highest BCUT2D eigenvalue weighted by molar-refractivity contribution is 5.99. The number of ether oxygens (including phenoxy) is 1. The highest BCUT2D eigenvalue weighted by Crippen LogP contribution is 2.26. The van der Waals surface area contributed by atoms with Crippen molar-refractivity contribution in [1.82, 2.24) is 36.4 Å². The number of aliphatic hydroxyl groups excluding tert-OH is 1. The number of nitrogens with two attached hydrogens (primary N) is 2. The van der Waals surface area contributed by atoms with E-state index in [1.165, 1.54) is 38.2 Å². The highest BCUT2D eigenvalue weighted by Gasteiger charge is 2.46. The van der Waals surface area contributed by atoms with Gasteiger partial charge in [0.1, 0.15) is 60.4 Å². The maximum Gasteiger partial charge on any atom is 0.329 e. The van der Waals surface area contributed by atoms with Crippen LogP contribution in [-0.4, -0.2) is 153 Å². The molecule has 12 N–H and O–H groups in total. The second-order valence-corrected chi connectivity index (χ2v) is 18.4. The van der Waals surface area contributed by atoms with E-state index in [9.17, 15) is 53.7 Å². The van der Waals surface area contributed by atoms with Crippen molar-refractivity contribution in [2.75, 3.05) is 13.6 Å². The molecule has 0 spiro atoms. The third-order valence-electron chi connectivity index (χ3n) is 12.5. The number of cyclic esters (lactones) is 1. The number of aliphatic hydroxyl groups is 1. The number of guanidine groups is 1. The monoisotopic (exact) mass is 1010 g/mol. The first-order valence-electron chi connectivity index (χ1n) is 24.2. The largest absolute Gasteiger partial charge is 0.508 e. The Hall–Kier alpha value is -7.30. The molecule has 9 atom stereocenters. The number of aromatic hydroxyl groups is 1. The number of carboxylic acid groups (broad SMARTS) is 1. The average Bonchev–Trinajstić information content (AvgIpc) is 3.32. The number of phenolic OH excluding ortho intramolecular Hbond substituents is 1. The fourth-order valence-corrected chi connectivity index (χ4v) is 8.41. The molecule has 2 heterocycles. The molecular formula is C49H70N10O13. The minimum absolute atomic E-state index is 0.0137. The van der Waals surface area contributed by atoms with Crippen LogP contribution in [0.15, 0.2) is 59.6 Å². The average molecular weight is 1010 g/mol. The van der Waals surface area contributed by atoms with Gasteiger partial charge in [0.2, 0.25) is 41.4 Å². The van der Waals surface area contributed by atoms with E-state index >= 15 is 4.79 Å². The van der Waals surface area contributed by atoms with Crippen LogP contribution >= 0.6 is 0 Å². The van der Waals surface area contributed by atoms with Crippen LogP contribution in [0.1, 0.15) is 96.6 Å². The summed E-state index contributed by atoms with van der Waals surface area (Å²) in [6.07, 6.45) is -2.82. The van der Waals surface area contributed by atoms with Crippen molar-refractivity contribution in [3.63, 3.8) is 0 Å². The van der Waals surface area contributed by atoms with E-state index in [0.29, 0.717) is 24.0 Å². The second-order valence-electron chi connectivity index (χ2n) is 18.4. The van der Waals surface area contributed by atoms with Gasteiger partial charge < -0.3 is 67.9 Å². The molecule has 7 amide bonds. The summed E-state index contributed by atoms with van der Waals surface area (Å²) < 4.78 is 5.83. The Morgan fingerprint density at radius 1 is 0.847 bits per heavy atom. The van der Waals surface area contributed by atoms with E-state index in [1.807, 2.05) is 6.92 Å². The SMILES string of the molecule is CCCCCC(=O)NC(CC(=O)O)C(=O)NC1C(=O)NC(CCCN=C(N)N)C(=O)NC2CCC(O)N(C2=O)C(Cc2ccccc2)C(=O)N(C)C(Cc2ccc(O)cc2)C(=O)NC(C(C)C)C(=O)OC1C. The molecule has 2 aliphatic heterocycles. The summed E-state index contributed by atoms with van der Waals surface area (Å²) in [4.78, 5) is 132. The number of carbonyl (C=O) groups excluding carboxylic acids is 8. The van der Waals surface area contributed by atoms with Gasteiger partial charge in [-0.3, -0.25) is 43.3 Å². The number of hydrogen-bond acceptors (Lipinski definition) is 13. The minimum Gasteiger partial charge on any atom is -0.508 e. The lowest BCUT2D eigenvalue weighted by Gasteiger charge is -2.43. The molecule has 2 aliphatic rings. The Balaban J connectivity index is 1.88. The molecule has 23 heteroatoms. The number of aliphatic carboxylic acids is 1. The van der Waals surface area contributed by atoms with Crippen LogP contribution in [-0.2, 0) is 60.7 Å². The summed E-state index contributed by atoms with van der Waals surface area (Å²) in [5.74, 6) is -9.91. The van der Waals surface area contributed by atoms with Crippen LogP contribution in [0.4, 0.5) is 0 Å². The number of amides is 7. The number of hydrogen-bond donors (Lipinski definition) is 10. The molecular weight excluding hydrogens is 937 g/mol. The number of unbranched alkanes of at least 4 members (excludes halogenated alkanes) is 2. The van der Waals surface area contributed by atoms with Crippen molar-refractivity contribution in [2.45, 2.75) is 153 Å². The van der Waals surface area contributed by atoms with Gasteiger partial charge in [0, 0.05) is 32.9 Å². The maximum absolute atomic E-state index is 15.1. The van der Waals surface area contributed by atoms with Crippen LogP contribution in [0.3, 0.4) is 0 Å². The third-order valence-corrected chi connectivity index (χ3v) is 12.5. The number of esters is 1. The Morgan fingerprint density at radius 3 is 2.12 bits per heavy atom. The second kappa shape index (κ2) is 27.3. The van der Waals surface area contributed by atoms with Crippen LogP contribution < -0.4 is 38.1 Å². The van der Waals surface area contributed by atoms with Gasteiger partial charge in [0.25, 0.3) is 0 Å². The zero-order valence-electron chi connectivity index (χ0n) is 41.4. The molecule has 2 aromatic carbocycles. The van der Waals surface area contributed by atoms with E-state index in [4.69, 9.17) is 16.2 Å². The zero-order chi connectivity index (χ0) is 53.2. The fourth-order valence-electron chi connectivity index (χ4n) is 8.41. The van der Waals surface area contributed by atoms with E-state index in [1.54, 1.807) is 44.2 Å². The van der Waals surface area contributed by atoms with Gasteiger partial charge in [-0.2, -0.15) is 0 Å². The van der Waals surface area contributed by atoms with Crippen molar-refractivity contribution in [3.05, 3.63) is 65.7 Å². The number of carbonyl (C=O) groups is 9. The predicted molar refractivity (Wildman–Crippen MR) is 261 cm³/mol. The first-order chi connectivity index (χ1) is 34.1. The van der Waals surface area contributed by atoms with Gasteiger partial charge in [0.15, 0.2) is 5.96 Å². The number of fused-ring (bicyclic) bond motifs is 2. The Bertz CT molecular complexity index is 2260. The first-order valence-corrected chi connectivity index (χ1v) is 24.2. The van der Waals surface area contributed by atoms with Gasteiger partial charge >= 0.3 is 11.9 Å². The van der Waals surface area contributed by atoms with E-state index in [-0.39, 0.29) is 63.2 Å². The number of phenols is 1. The van der Waals surface area contributed by atoms with Crippen LogP contribution in [0.2, 0.25) is 0 Å². The summed E-state index contributed by atoms with van der Waals surface area (Å²) in [5.41, 5.74) is 12.1. The summed E-state index contributed by atoms with van der Waals surface area (Å²) >= 11 is 0. The maximum atomic E-state index is 15.1. The molecule has 0 saturated carbocycles. The summed E-state index contributed by atoms with van der Waals surface area (Å²) in [6.45, 7) is 6.31. The molecule has 4 rings (SSSR count). The smallest absolute Gasteiger partial charge is 0.329 e. The summed E-state index contributed by atoms with van der Waals surface area (Å²) in [6, 6.07) is 3.62. The number of nitrogens with zero attached hydrogens (tertiary/aromatic N) is 3. The number of likely N-dealkylation sites (N-methyl/N-ethyl adjacent to an activating group) is 1. The first kappa shape index (κ1) is 57.3. The van der Waals surface area contributed by atoms with Gasteiger partial charge in [-0.15, -0.1) is 0 Å². The van der Waals surface area contributed by atoms with Gasteiger partial charge in [0.05, 0.1) is 6.42 Å². The van der Waals surface area contributed by atoms with Crippen molar-refractivity contribution in [1.29, 1.82) is 0 Å². The molecule has 2 fully saturated rings. The predicted octanol–water partition coefficient (Wildman–Crippen LogP) is -0.552. The van der Waals surface area contributed by atoms with Gasteiger partial charge in [-0.1, -0.05) is 76.1 Å². The van der Waals surface area contributed by atoms with Gasteiger partial charge in [-0.05, 0) is 68.2 Å². The number of piperidine rings is 1. The van der Waals surface area contributed by atoms with Crippen molar-refractivity contribution >= 4 is 59.2 Å². The third kappa shape index (κ3) is 16.7. The lowest BCUT2D eigenvalue weighted by molar-refractivity contribution is -0.165. The molecule has 9 unspecified atom stereocenters. The summed E-state index contributed by atoms with van der Waals surface area (Å²) in [7, 11) is 1.33. The highest BCUT2D eigenvalue weighted by atomic mass is 16.5. The molecule has 23 nitrogen and oxygen atoms in total. The van der Waals surface area contributed by atoms with E-state index in [0.717, 1.165) is 16.2 Å². The lowest BCUT2D eigenvalue weighted by Crippen LogP contribution is -2.65. The Labute approximate surface area is 418 Å². The van der Waals surface area contributed by atoms with Crippen LogP contribution in [0.25, 0.3) is 0 Å². The Morgan fingerprint density at radius 2 is 1.50 bits per heavy atom. The van der Waals surface area contributed by atoms with Crippen LogP contribution in [0, 0.1) is 5.92 Å². The fraction of sp³-hybridized carbons (Fsp3) is 0.551. The molecule has 0 radical (unpaired) electrons. The number of rotatable bonds is 18. The van der Waals surface area contributed by atoms with Crippen molar-refractivity contribution < 1.29 is 63.2 Å². The molecule has 0 aliphatic carbocycles. The molecule has 2 saturated heterocycles. The molecule has 2 bridgehead atoms. The lowest BCUT2D eigenvalue weighted by atomic mass is 9.95. The molecule has 72 heavy (non-hydrogen) atoms. The quantitative estimate of drug-likeness (QED) is 0.0388. The number of benzene rings is 2. The van der Waals surface area contributed by atoms with Gasteiger partial charge in [-0.25, -0.2) is 4.79 Å². The minimum atomic E-state index is -1.89. The van der Waals surface area contributed by atoms with Crippen LogP contribution in [0.5, 0.6) is 5.75 Å². The number of aliphatic imine (C=N–C) groups is 1. The van der Waals surface area contributed by atoms with Crippen molar-refractivity contribution in [2.24, 2.45) is 22.4 Å². The molecule has 0 aromatic heterocycles. The van der Waals surface area contributed by atoms with E-state index in [2.05, 4.69) is 31.6 Å². The molecule has 394 valence electrons. The molecule has 2 aromatic rings. The number of carboxylic acids is 1. The topological polar surface area (TPSA) is 355 Å².